The van der Waals surface area contributed by atoms with E-state index in [9.17, 15) is 20.2 Å². The molecule has 0 spiro atoms. The number of hydrogen-bond donors (Lipinski definition) is 1. The second-order valence-corrected chi connectivity index (χ2v) is 5.67. The van der Waals surface area contributed by atoms with Crippen LogP contribution in [0, 0.1) is 21.4 Å². The molecule has 0 bridgehead atoms. The van der Waals surface area contributed by atoms with Gasteiger partial charge < -0.3 is 10.1 Å². The molecule has 0 aliphatic heterocycles. The first kappa shape index (κ1) is 17.5. The highest BCUT2D eigenvalue weighted by atomic mass is 16.6. The molecule has 2 rings (SSSR count). The molecule has 1 aromatic carbocycles. The smallest absolute Gasteiger partial charge is 0.311 e. The third kappa shape index (κ3) is 4.32. The molecule has 0 atom stereocenters. The van der Waals surface area contributed by atoms with Crippen LogP contribution in [-0.4, -0.2) is 24.0 Å². The van der Waals surface area contributed by atoms with Gasteiger partial charge in [-0.2, -0.15) is 5.26 Å². The van der Waals surface area contributed by atoms with E-state index in [2.05, 4.69) is 5.32 Å². The molecule has 0 unspecified atom stereocenters. The minimum absolute atomic E-state index is 0.0694. The topological polar surface area (TPSA) is 105 Å². The van der Waals surface area contributed by atoms with Crippen molar-refractivity contribution in [1.29, 1.82) is 5.26 Å². The summed E-state index contributed by atoms with van der Waals surface area (Å²) in [6.45, 7) is 0. The highest BCUT2D eigenvalue weighted by Gasteiger charge is 2.19. The van der Waals surface area contributed by atoms with Crippen LogP contribution < -0.4 is 10.1 Å². The molecule has 24 heavy (non-hydrogen) atoms. The van der Waals surface area contributed by atoms with Crippen molar-refractivity contribution in [3.63, 3.8) is 0 Å². The Morgan fingerprint density at radius 1 is 1.42 bits per heavy atom. The Morgan fingerprint density at radius 3 is 2.71 bits per heavy atom. The molecular weight excluding hydrogens is 310 g/mol. The van der Waals surface area contributed by atoms with Crippen molar-refractivity contribution < 1.29 is 14.5 Å². The number of carbonyl (C=O) groups excluding carboxylic acids is 1. The fourth-order valence-corrected chi connectivity index (χ4v) is 2.76. The quantitative estimate of drug-likeness (QED) is 0.387. The Bertz CT molecular complexity index is 700. The van der Waals surface area contributed by atoms with Gasteiger partial charge in [0.25, 0.3) is 5.91 Å². The third-order valence-electron chi connectivity index (χ3n) is 4.02. The predicted molar refractivity (Wildman–Crippen MR) is 88.3 cm³/mol. The number of amides is 1. The number of nitriles is 1. The molecule has 1 aliphatic rings. The molecule has 1 aliphatic carbocycles. The molecule has 1 saturated carbocycles. The van der Waals surface area contributed by atoms with Gasteiger partial charge in [-0.25, -0.2) is 0 Å². The number of nitro groups is 1. The molecule has 7 heteroatoms. The van der Waals surface area contributed by atoms with Crippen molar-refractivity contribution in [3.8, 4) is 11.8 Å². The van der Waals surface area contributed by atoms with Crippen molar-refractivity contribution in [2.45, 2.75) is 38.1 Å². The van der Waals surface area contributed by atoms with Crippen LogP contribution in [0.4, 0.5) is 5.69 Å². The van der Waals surface area contributed by atoms with Crippen LogP contribution in [0.25, 0.3) is 6.08 Å². The number of carbonyl (C=O) groups is 1. The summed E-state index contributed by atoms with van der Waals surface area (Å²) in [6, 6.07) is 6.25. The van der Waals surface area contributed by atoms with Crippen molar-refractivity contribution in [2.75, 3.05) is 7.11 Å². The van der Waals surface area contributed by atoms with Crippen LogP contribution >= 0.6 is 0 Å². The van der Waals surface area contributed by atoms with Gasteiger partial charge in [-0.1, -0.05) is 25.3 Å². The Balaban J connectivity index is 2.20. The Hall–Kier alpha value is -2.88. The maximum absolute atomic E-state index is 12.2. The monoisotopic (exact) mass is 329 g/mol. The summed E-state index contributed by atoms with van der Waals surface area (Å²) in [5.74, 6) is -0.315. The van der Waals surface area contributed by atoms with E-state index in [1.54, 1.807) is 6.07 Å². The van der Waals surface area contributed by atoms with Gasteiger partial charge in [-0.15, -0.1) is 0 Å². The minimum atomic E-state index is -0.565. The summed E-state index contributed by atoms with van der Waals surface area (Å²) in [4.78, 5) is 22.7. The zero-order valence-corrected chi connectivity index (χ0v) is 13.4. The maximum atomic E-state index is 12.2. The average Bonchev–Trinajstić information content (AvgIpc) is 2.60. The van der Waals surface area contributed by atoms with Gasteiger partial charge in [0.05, 0.1) is 12.0 Å². The summed E-state index contributed by atoms with van der Waals surface area (Å²) in [6.07, 6.45) is 6.49. The molecule has 1 fully saturated rings. The highest BCUT2D eigenvalue weighted by Crippen LogP contribution is 2.28. The summed E-state index contributed by atoms with van der Waals surface area (Å²) in [7, 11) is 1.34. The van der Waals surface area contributed by atoms with Gasteiger partial charge in [-0.05, 0) is 30.5 Å². The van der Waals surface area contributed by atoms with Crippen molar-refractivity contribution >= 4 is 17.7 Å². The van der Waals surface area contributed by atoms with Gasteiger partial charge in [-0.3, -0.25) is 14.9 Å². The third-order valence-corrected chi connectivity index (χ3v) is 4.02. The van der Waals surface area contributed by atoms with Crippen LogP contribution in [0.3, 0.4) is 0 Å². The first-order valence-corrected chi connectivity index (χ1v) is 7.80. The largest absolute Gasteiger partial charge is 0.490 e. The predicted octanol–water partition coefficient (Wildman–Crippen LogP) is 2.96. The molecule has 1 aromatic rings. The van der Waals surface area contributed by atoms with Crippen molar-refractivity contribution in [1.82, 2.24) is 5.32 Å². The number of nitrogens with one attached hydrogen (secondary N) is 1. The van der Waals surface area contributed by atoms with Crippen LogP contribution in [0.15, 0.2) is 23.8 Å². The number of hydrogen-bond acceptors (Lipinski definition) is 5. The molecule has 0 saturated heterocycles. The molecule has 1 amide bonds. The lowest BCUT2D eigenvalue weighted by Gasteiger charge is -2.22. The summed E-state index contributed by atoms with van der Waals surface area (Å²) in [5, 5.41) is 23.1. The van der Waals surface area contributed by atoms with Crippen molar-refractivity contribution in [3.05, 3.63) is 39.4 Å². The molecular formula is C17H19N3O4. The van der Waals surface area contributed by atoms with E-state index < -0.39 is 10.8 Å². The number of ether oxygens (including phenoxy) is 1. The van der Waals surface area contributed by atoms with Gasteiger partial charge >= 0.3 is 5.69 Å². The lowest BCUT2D eigenvalue weighted by molar-refractivity contribution is -0.385. The lowest BCUT2D eigenvalue weighted by atomic mass is 9.95. The normalized spacial score (nSPS) is 15.4. The van der Waals surface area contributed by atoms with Crippen molar-refractivity contribution in [2.24, 2.45) is 0 Å². The number of benzene rings is 1. The fourth-order valence-electron chi connectivity index (χ4n) is 2.76. The van der Waals surface area contributed by atoms with E-state index in [0.717, 1.165) is 25.7 Å². The molecule has 126 valence electrons. The molecule has 1 N–H and O–H groups in total. The number of rotatable bonds is 5. The van der Waals surface area contributed by atoms with Crippen LogP contribution in [0.5, 0.6) is 5.75 Å². The van der Waals surface area contributed by atoms with E-state index in [1.807, 2.05) is 6.07 Å². The van der Waals surface area contributed by atoms with Gasteiger partial charge in [0, 0.05) is 12.1 Å². The van der Waals surface area contributed by atoms with E-state index in [-0.39, 0.29) is 23.1 Å². The van der Waals surface area contributed by atoms with E-state index in [0.29, 0.717) is 5.56 Å². The Morgan fingerprint density at radius 2 is 2.12 bits per heavy atom. The number of nitrogens with zero attached hydrogens (tertiary/aromatic N) is 2. The Kier molecular flexibility index (Phi) is 5.90. The second kappa shape index (κ2) is 8.11. The molecule has 7 nitrogen and oxygen atoms in total. The Labute approximate surface area is 140 Å². The zero-order chi connectivity index (χ0) is 17.5. The van der Waals surface area contributed by atoms with E-state index in [4.69, 9.17) is 4.74 Å². The summed E-state index contributed by atoms with van der Waals surface area (Å²) in [5.41, 5.74) is 0.120. The van der Waals surface area contributed by atoms with Gasteiger partial charge in [0.1, 0.15) is 11.6 Å². The standard InChI is InChI=1S/C17H19N3O4/c1-24-16-8-7-12(10-15(16)20(22)23)9-13(11-18)17(21)19-14-5-3-2-4-6-14/h7-10,14H,2-6H2,1H3,(H,19,21)/b13-9-. The molecule has 0 radical (unpaired) electrons. The van der Waals surface area contributed by atoms with Gasteiger partial charge in [0.2, 0.25) is 0 Å². The minimum Gasteiger partial charge on any atom is -0.490 e. The SMILES string of the molecule is COc1ccc(/C=C(/C#N)C(=O)NC2CCCCC2)cc1[N+](=O)[O-]. The van der Waals surface area contributed by atoms with Crippen LogP contribution in [-0.2, 0) is 4.79 Å². The maximum Gasteiger partial charge on any atom is 0.311 e. The number of methoxy groups -OCH3 is 1. The van der Waals surface area contributed by atoms with E-state index in [1.165, 1.54) is 31.7 Å². The molecule has 0 aromatic heterocycles. The summed E-state index contributed by atoms with van der Waals surface area (Å²) < 4.78 is 4.93. The second-order valence-electron chi connectivity index (χ2n) is 5.67. The van der Waals surface area contributed by atoms with Crippen LogP contribution in [0.1, 0.15) is 37.7 Å². The highest BCUT2D eigenvalue weighted by molar-refractivity contribution is 6.01. The first-order chi connectivity index (χ1) is 11.5. The summed E-state index contributed by atoms with van der Waals surface area (Å²) >= 11 is 0. The first-order valence-electron chi connectivity index (χ1n) is 7.80. The fraction of sp³-hybridized carbons (Fsp3) is 0.412. The lowest BCUT2D eigenvalue weighted by Crippen LogP contribution is -2.36. The van der Waals surface area contributed by atoms with Crippen LogP contribution in [0.2, 0.25) is 0 Å². The average molecular weight is 329 g/mol. The number of nitro benzene ring substituents is 1. The van der Waals surface area contributed by atoms with Gasteiger partial charge in [0.15, 0.2) is 5.75 Å². The molecule has 0 heterocycles. The van der Waals surface area contributed by atoms with E-state index >= 15 is 0 Å². The zero-order valence-electron chi connectivity index (χ0n) is 13.4.